The third-order valence-electron chi connectivity index (χ3n) is 6.57. The van der Waals surface area contributed by atoms with Gasteiger partial charge in [0.1, 0.15) is 23.0 Å². The number of benzene rings is 4. The van der Waals surface area contributed by atoms with E-state index in [1.807, 2.05) is 54.6 Å². The van der Waals surface area contributed by atoms with Crippen LogP contribution in [0.5, 0.6) is 40.2 Å². The van der Waals surface area contributed by atoms with Gasteiger partial charge in [-0.2, -0.15) is 0 Å². The second-order valence-corrected chi connectivity index (χ2v) is 9.15. The summed E-state index contributed by atoms with van der Waals surface area (Å²) in [6.07, 6.45) is 3.39. The summed E-state index contributed by atoms with van der Waals surface area (Å²) in [5.41, 5.74) is 4.64. The molecule has 0 fully saturated rings. The van der Waals surface area contributed by atoms with E-state index in [-0.39, 0.29) is 6.79 Å². The van der Waals surface area contributed by atoms with Crippen LogP contribution in [-0.2, 0) is 25.7 Å². The lowest BCUT2D eigenvalue weighted by molar-refractivity contribution is 0.172. The molecule has 0 aliphatic carbocycles. The van der Waals surface area contributed by atoms with E-state index in [0.29, 0.717) is 23.0 Å². The normalized spacial score (nSPS) is 11.8. The van der Waals surface area contributed by atoms with Crippen LogP contribution in [0.2, 0.25) is 0 Å². The minimum absolute atomic E-state index is 0.176. The van der Waals surface area contributed by atoms with Crippen LogP contribution in [-0.4, -0.2) is 28.1 Å². The first-order valence-electron chi connectivity index (χ1n) is 12.7. The van der Waals surface area contributed by atoms with E-state index >= 15 is 0 Å². The van der Waals surface area contributed by atoms with Crippen molar-refractivity contribution in [3.8, 4) is 40.2 Å². The van der Waals surface area contributed by atoms with E-state index in [1.165, 1.54) is 11.1 Å². The molecule has 1 aliphatic rings. The highest BCUT2D eigenvalue weighted by molar-refractivity contribution is 5.57. The van der Waals surface area contributed by atoms with Gasteiger partial charge < -0.3 is 28.4 Å². The first kappa shape index (κ1) is 25.3. The molecule has 6 heteroatoms. The molecule has 0 atom stereocenters. The van der Waals surface area contributed by atoms with Gasteiger partial charge >= 0.3 is 0 Å². The largest absolute Gasteiger partial charge is 0.497 e. The molecule has 196 valence electrons. The molecule has 0 saturated carbocycles. The zero-order valence-corrected chi connectivity index (χ0v) is 22.0. The number of aryl methyl sites for hydroxylation is 4. The predicted octanol–water partition coefficient (Wildman–Crippen LogP) is 6.80. The molecule has 0 bridgehead atoms. The Labute approximate surface area is 223 Å². The average molecular weight is 513 g/mol. The van der Waals surface area contributed by atoms with E-state index in [9.17, 15) is 0 Å². The van der Waals surface area contributed by atoms with Gasteiger partial charge in [-0.05, 0) is 96.5 Å². The van der Waals surface area contributed by atoms with Crippen LogP contribution in [0, 0.1) is 0 Å². The van der Waals surface area contributed by atoms with Crippen molar-refractivity contribution in [2.45, 2.75) is 25.7 Å². The minimum atomic E-state index is 0.176. The number of ether oxygens (including phenoxy) is 6. The van der Waals surface area contributed by atoms with Gasteiger partial charge in [0.05, 0.1) is 21.3 Å². The zero-order chi connectivity index (χ0) is 26.3. The number of fused-ring (bicyclic) bond motifs is 1. The standard InChI is InChI=1S/C32H32O6/c1-33-26-8-4-6-22(14-26)10-12-24-16-28(35-3)20-29(17-24)38-31-19-25(18-30-32(31)37-21-36-30)13-11-23-7-5-9-27(15-23)34-2/h4-9,14-20H,10-13,21H2,1-3H3. The molecule has 4 aromatic carbocycles. The molecule has 1 aliphatic heterocycles. The molecule has 0 amide bonds. The third-order valence-corrected chi connectivity index (χ3v) is 6.57. The van der Waals surface area contributed by atoms with Gasteiger partial charge in [0.2, 0.25) is 12.5 Å². The molecule has 0 unspecified atom stereocenters. The Bertz CT molecular complexity index is 1400. The quantitative estimate of drug-likeness (QED) is 0.220. The van der Waals surface area contributed by atoms with Crippen molar-refractivity contribution in [2.75, 3.05) is 28.1 Å². The highest BCUT2D eigenvalue weighted by Crippen LogP contribution is 2.44. The van der Waals surface area contributed by atoms with Crippen molar-refractivity contribution in [1.29, 1.82) is 0 Å². The van der Waals surface area contributed by atoms with Crippen LogP contribution < -0.4 is 28.4 Å². The fourth-order valence-corrected chi connectivity index (χ4v) is 4.56. The summed E-state index contributed by atoms with van der Waals surface area (Å²) >= 11 is 0. The van der Waals surface area contributed by atoms with Gasteiger partial charge in [0.15, 0.2) is 11.5 Å². The van der Waals surface area contributed by atoms with E-state index in [0.717, 1.165) is 54.1 Å². The van der Waals surface area contributed by atoms with Gasteiger partial charge in [-0.25, -0.2) is 0 Å². The Morgan fingerprint density at radius 1 is 0.553 bits per heavy atom. The molecule has 0 N–H and O–H groups in total. The first-order chi connectivity index (χ1) is 18.6. The summed E-state index contributed by atoms with van der Waals surface area (Å²) in [5.74, 6) is 5.10. The van der Waals surface area contributed by atoms with Crippen LogP contribution in [0.1, 0.15) is 22.3 Å². The predicted molar refractivity (Wildman–Crippen MR) is 146 cm³/mol. The smallest absolute Gasteiger partial charge is 0.231 e. The second kappa shape index (κ2) is 11.8. The Balaban J connectivity index is 1.35. The Morgan fingerprint density at radius 2 is 1.11 bits per heavy atom. The van der Waals surface area contributed by atoms with Crippen molar-refractivity contribution < 1.29 is 28.4 Å². The summed E-state index contributed by atoms with van der Waals surface area (Å²) in [6.45, 7) is 0.176. The fraction of sp³-hybridized carbons (Fsp3) is 0.250. The third kappa shape index (κ3) is 6.14. The van der Waals surface area contributed by atoms with E-state index in [1.54, 1.807) is 21.3 Å². The van der Waals surface area contributed by atoms with Crippen molar-refractivity contribution >= 4 is 0 Å². The SMILES string of the molecule is COc1cccc(CCc2cc(OC)cc(Oc3cc(CCc4cccc(OC)c4)cc4c3OCO4)c2)c1. The lowest BCUT2D eigenvalue weighted by atomic mass is 10.0. The Kier molecular flexibility index (Phi) is 7.88. The monoisotopic (exact) mass is 512 g/mol. The lowest BCUT2D eigenvalue weighted by Crippen LogP contribution is -1.97. The molecule has 0 spiro atoms. The van der Waals surface area contributed by atoms with Gasteiger partial charge in [-0.15, -0.1) is 0 Å². The maximum Gasteiger partial charge on any atom is 0.231 e. The van der Waals surface area contributed by atoms with Gasteiger partial charge in [0.25, 0.3) is 0 Å². The first-order valence-corrected chi connectivity index (χ1v) is 12.7. The number of hydrogen-bond acceptors (Lipinski definition) is 6. The summed E-state index contributed by atoms with van der Waals surface area (Å²) in [5, 5.41) is 0. The molecule has 5 rings (SSSR count). The van der Waals surface area contributed by atoms with Crippen molar-refractivity contribution in [3.63, 3.8) is 0 Å². The minimum Gasteiger partial charge on any atom is -0.497 e. The Morgan fingerprint density at radius 3 is 1.74 bits per heavy atom. The van der Waals surface area contributed by atoms with Crippen LogP contribution in [0.25, 0.3) is 0 Å². The maximum atomic E-state index is 6.40. The van der Waals surface area contributed by atoms with E-state index in [2.05, 4.69) is 24.3 Å². The summed E-state index contributed by atoms with van der Waals surface area (Å²) in [4.78, 5) is 0. The van der Waals surface area contributed by atoms with Crippen LogP contribution in [0.15, 0.2) is 78.9 Å². The van der Waals surface area contributed by atoms with Crippen LogP contribution in [0.3, 0.4) is 0 Å². The number of methoxy groups -OCH3 is 3. The molecule has 4 aromatic rings. The van der Waals surface area contributed by atoms with Crippen molar-refractivity contribution in [3.05, 3.63) is 101 Å². The molecule has 0 aromatic heterocycles. The molecular weight excluding hydrogens is 480 g/mol. The highest BCUT2D eigenvalue weighted by Gasteiger charge is 2.21. The number of rotatable bonds is 11. The van der Waals surface area contributed by atoms with E-state index < -0.39 is 0 Å². The Hall–Kier alpha value is -4.32. The summed E-state index contributed by atoms with van der Waals surface area (Å²) in [7, 11) is 5.03. The molecular formula is C32H32O6. The maximum absolute atomic E-state index is 6.40. The van der Waals surface area contributed by atoms with Crippen LogP contribution in [0.4, 0.5) is 0 Å². The molecule has 0 radical (unpaired) electrons. The topological polar surface area (TPSA) is 55.4 Å². The molecule has 1 heterocycles. The molecule has 0 saturated heterocycles. The van der Waals surface area contributed by atoms with Gasteiger partial charge in [0, 0.05) is 6.07 Å². The second-order valence-electron chi connectivity index (χ2n) is 9.15. The van der Waals surface area contributed by atoms with E-state index in [4.69, 9.17) is 28.4 Å². The zero-order valence-electron chi connectivity index (χ0n) is 22.0. The van der Waals surface area contributed by atoms with Crippen molar-refractivity contribution in [2.24, 2.45) is 0 Å². The van der Waals surface area contributed by atoms with Gasteiger partial charge in [-0.3, -0.25) is 0 Å². The highest BCUT2D eigenvalue weighted by atomic mass is 16.7. The molecule has 6 nitrogen and oxygen atoms in total. The average Bonchev–Trinajstić information content (AvgIpc) is 3.44. The van der Waals surface area contributed by atoms with Crippen molar-refractivity contribution in [1.82, 2.24) is 0 Å². The van der Waals surface area contributed by atoms with Gasteiger partial charge in [-0.1, -0.05) is 24.3 Å². The molecule has 38 heavy (non-hydrogen) atoms. The fourth-order valence-electron chi connectivity index (χ4n) is 4.56. The van der Waals surface area contributed by atoms with Crippen LogP contribution >= 0.6 is 0 Å². The lowest BCUT2D eigenvalue weighted by Gasteiger charge is -2.14. The summed E-state index contributed by atoms with van der Waals surface area (Å²) in [6, 6.07) is 26.3. The number of hydrogen-bond donors (Lipinski definition) is 0. The summed E-state index contributed by atoms with van der Waals surface area (Å²) < 4.78 is 34.2.